The van der Waals surface area contributed by atoms with E-state index in [0.717, 1.165) is 4.90 Å². The van der Waals surface area contributed by atoms with E-state index < -0.39 is 11.2 Å². The number of carboxylic acid groups (broad SMARTS) is 1. The number of nitrogen functional groups attached to an aromatic ring is 1. The Morgan fingerprint density at radius 3 is 2.86 bits per heavy atom. The summed E-state index contributed by atoms with van der Waals surface area (Å²) in [6.45, 7) is 1.84. The first kappa shape index (κ1) is 10.8. The third kappa shape index (κ3) is 2.92. The predicted octanol–water partition coefficient (Wildman–Crippen LogP) is 1.62. The maximum atomic E-state index is 10.7. The first-order valence-electron chi connectivity index (χ1n) is 4.24. The highest BCUT2D eigenvalue weighted by Crippen LogP contribution is 2.25. The van der Waals surface area contributed by atoms with Crippen LogP contribution in [0, 0.1) is 0 Å². The van der Waals surface area contributed by atoms with Crippen LogP contribution in [0.2, 0.25) is 0 Å². The normalized spacial score (nSPS) is 12.4. The third-order valence-corrected chi connectivity index (χ3v) is 3.02. The van der Waals surface area contributed by atoms with Crippen LogP contribution in [0.3, 0.4) is 0 Å². The lowest BCUT2D eigenvalue weighted by Crippen LogP contribution is -2.14. The van der Waals surface area contributed by atoms with E-state index in [1.165, 1.54) is 11.8 Å². The van der Waals surface area contributed by atoms with E-state index in [9.17, 15) is 4.79 Å². The molecule has 0 aromatic carbocycles. The Hall–Kier alpha value is -1.23. The molecule has 14 heavy (non-hydrogen) atoms. The van der Waals surface area contributed by atoms with Crippen molar-refractivity contribution < 1.29 is 9.90 Å². The molecule has 0 aliphatic rings. The van der Waals surface area contributed by atoms with Crippen LogP contribution in [0.15, 0.2) is 23.2 Å². The second-order valence-electron chi connectivity index (χ2n) is 2.77. The molecule has 0 saturated heterocycles. The fraction of sp³-hybridized carbons (Fsp3) is 0.333. The lowest BCUT2D eigenvalue weighted by Gasteiger charge is -2.08. The van der Waals surface area contributed by atoms with Crippen molar-refractivity contribution >= 4 is 23.5 Å². The molecule has 76 valence electrons. The van der Waals surface area contributed by atoms with Gasteiger partial charge in [-0.15, -0.1) is 11.8 Å². The molecule has 0 aliphatic carbocycles. The van der Waals surface area contributed by atoms with E-state index in [2.05, 4.69) is 4.98 Å². The fourth-order valence-corrected chi connectivity index (χ4v) is 1.79. The molecular weight excluding hydrogens is 200 g/mol. The van der Waals surface area contributed by atoms with Crippen LogP contribution in [-0.2, 0) is 4.79 Å². The summed E-state index contributed by atoms with van der Waals surface area (Å²) in [5.41, 5.74) is 5.41. The van der Waals surface area contributed by atoms with Crippen LogP contribution in [0.1, 0.15) is 13.3 Å². The molecule has 0 saturated carbocycles. The summed E-state index contributed by atoms with van der Waals surface area (Å²) in [5.74, 6) is -0.355. The zero-order chi connectivity index (χ0) is 10.6. The summed E-state index contributed by atoms with van der Waals surface area (Å²) in [7, 11) is 0. The summed E-state index contributed by atoms with van der Waals surface area (Å²) >= 11 is 1.29. The molecule has 0 radical (unpaired) electrons. The SMILES string of the molecule is CCC(Sc1ccc(N)nc1)C(=O)O. The number of carboxylic acids is 1. The number of aliphatic carboxylic acids is 1. The quantitative estimate of drug-likeness (QED) is 0.742. The van der Waals surface area contributed by atoms with Crippen molar-refractivity contribution in [2.75, 3.05) is 5.73 Å². The predicted molar refractivity (Wildman–Crippen MR) is 56.2 cm³/mol. The molecule has 1 aromatic heterocycles. The first-order valence-corrected chi connectivity index (χ1v) is 5.12. The Morgan fingerprint density at radius 1 is 1.71 bits per heavy atom. The molecule has 0 aliphatic heterocycles. The molecule has 1 aromatic rings. The third-order valence-electron chi connectivity index (χ3n) is 1.68. The van der Waals surface area contributed by atoms with Gasteiger partial charge in [0.05, 0.1) is 0 Å². The Morgan fingerprint density at radius 2 is 2.43 bits per heavy atom. The van der Waals surface area contributed by atoms with Crippen LogP contribution < -0.4 is 5.73 Å². The van der Waals surface area contributed by atoms with Gasteiger partial charge in [0.25, 0.3) is 0 Å². The summed E-state index contributed by atoms with van der Waals surface area (Å²) in [6, 6.07) is 3.44. The van der Waals surface area contributed by atoms with Crippen molar-refractivity contribution in [2.45, 2.75) is 23.5 Å². The van der Waals surface area contributed by atoms with Crippen LogP contribution in [0.5, 0.6) is 0 Å². The minimum absolute atomic E-state index is 0.416. The average molecular weight is 212 g/mol. The van der Waals surface area contributed by atoms with Gasteiger partial charge in [0.2, 0.25) is 0 Å². The second kappa shape index (κ2) is 4.85. The lowest BCUT2D eigenvalue weighted by atomic mass is 10.3. The van der Waals surface area contributed by atoms with Crippen molar-refractivity contribution in [2.24, 2.45) is 0 Å². The molecule has 4 nitrogen and oxygen atoms in total. The Labute approximate surface area is 86.5 Å². The molecule has 0 amide bonds. The van der Waals surface area contributed by atoms with Crippen molar-refractivity contribution in [3.63, 3.8) is 0 Å². The molecule has 3 N–H and O–H groups in total. The van der Waals surface area contributed by atoms with Gasteiger partial charge in [0.1, 0.15) is 11.1 Å². The van der Waals surface area contributed by atoms with E-state index in [4.69, 9.17) is 10.8 Å². The number of carbonyl (C=O) groups is 1. The van der Waals surface area contributed by atoms with E-state index in [0.29, 0.717) is 12.2 Å². The minimum Gasteiger partial charge on any atom is -0.480 e. The largest absolute Gasteiger partial charge is 0.480 e. The summed E-state index contributed by atoms with van der Waals surface area (Å²) in [6.07, 6.45) is 2.18. The van der Waals surface area contributed by atoms with Gasteiger partial charge in [-0.3, -0.25) is 4.79 Å². The zero-order valence-corrected chi connectivity index (χ0v) is 8.62. The van der Waals surface area contributed by atoms with E-state index in [1.54, 1.807) is 18.3 Å². The van der Waals surface area contributed by atoms with E-state index >= 15 is 0 Å². The van der Waals surface area contributed by atoms with Crippen molar-refractivity contribution in [3.8, 4) is 0 Å². The smallest absolute Gasteiger partial charge is 0.316 e. The van der Waals surface area contributed by atoms with Gasteiger partial charge >= 0.3 is 5.97 Å². The van der Waals surface area contributed by atoms with Crippen LogP contribution in [-0.4, -0.2) is 21.3 Å². The van der Waals surface area contributed by atoms with Gasteiger partial charge in [-0.1, -0.05) is 6.92 Å². The van der Waals surface area contributed by atoms with Crippen LogP contribution in [0.4, 0.5) is 5.82 Å². The van der Waals surface area contributed by atoms with Crippen LogP contribution >= 0.6 is 11.8 Å². The standard InChI is InChI=1S/C9H12N2O2S/c1-2-7(9(12)13)14-6-3-4-8(10)11-5-6/h3-5,7H,2H2,1H3,(H2,10,11)(H,12,13). The highest BCUT2D eigenvalue weighted by molar-refractivity contribution is 8.00. The van der Waals surface area contributed by atoms with Gasteiger partial charge in [-0.05, 0) is 18.6 Å². The van der Waals surface area contributed by atoms with Gasteiger partial charge in [0.15, 0.2) is 0 Å². The number of hydrogen-bond acceptors (Lipinski definition) is 4. The van der Waals surface area contributed by atoms with Gasteiger partial charge in [-0.2, -0.15) is 0 Å². The number of anilines is 1. The fourth-order valence-electron chi connectivity index (χ4n) is 0.934. The maximum Gasteiger partial charge on any atom is 0.316 e. The summed E-state index contributed by atoms with van der Waals surface area (Å²) in [5, 5.41) is 8.41. The van der Waals surface area contributed by atoms with Crippen molar-refractivity contribution in [1.82, 2.24) is 4.98 Å². The number of nitrogens with zero attached hydrogens (tertiary/aromatic N) is 1. The average Bonchev–Trinajstić information content (AvgIpc) is 2.16. The highest BCUT2D eigenvalue weighted by Gasteiger charge is 2.16. The summed E-state index contributed by atoms with van der Waals surface area (Å²) < 4.78 is 0. The molecule has 1 unspecified atom stereocenters. The molecule has 0 bridgehead atoms. The Kier molecular flexibility index (Phi) is 3.76. The molecular formula is C9H12N2O2S. The molecule has 0 spiro atoms. The zero-order valence-electron chi connectivity index (χ0n) is 7.80. The topological polar surface area (TPSA) is 76.2 Å². The van der Waals surface area contributed by atoms with Crippen molar-refractivity contribution in [3.05, 3.63) is 18.3 Å². The van der Waals surface area contributed by atoms with Crippen molar-refractivity contribution in [1.29, 1.82) is 0 Å². The van der Waals surface area contributed by atoms with Gasteiger partial charge < -0.3 is 10.8 Å². The second-order valence-corrected chi connectivity index (χ2v) is 4.05. The number of rotatable bonds is 4. The maximum absolute atomic E-state index is 10.7. The Bertz CT molecular complexity index is 313. The number of hydrogen-bond donors (Lipinski definition) is 2. The minimum atomic E-state index is -0.797. The number of thioether (sulfide) groups is 1. The molecule has 1 rings (SSSR count). The molecule has 1 atom stereocenters. The Balaban J connectivity index is 2.67. The molecule has 1 heterocycles. The lowest BCUT2D eigenvalue weighted by molar-refractivity contribution is -0.136. The van der Waals surface area contributed by atoms with Gasteiger partial charge in [-0.25, -0.2) is 4.98 Å². The van der Waals surface area contributed by atoms with Crippen LogP contribution in [0.25, 0.3) is 0 Å². The molecule has 0 fully saturated rings. The number of nitrogens with two attached hydrogens (primary N) is 1. The number of aromatic nitrogens is 1. The first-order chi connectivity index (χ1) is 6.63. The highest BCUT2D eigenvalue weighted by atomic mass is 32.2. The van der Waals surface area contributed by atoms with E-state index in [1.807, 2.05) is 6.92 Å². The number of pyridine rings is 1. The van der Waals surface area contributed by atoms with E-state index in [-0.39, 0.29) is 0 Å². The monoisotopic (exact) mass is 212 g/mol. The molecule has 5 heteroatoms. The summed E-state index contributed by atoms with van der Waals surface area (Å²) in [4.78, 5) is 15.5. The van der Waals surface area contributed by atoms with Gasteiger partial charge in [0, 0.05) is 11.1 Å².